The quantitative estimate of drug-likeness (QED) is 0.676. The van der Waals surface area contributed by atoms with Crippen LogP contribution in [0.5, 0.6) is 0 Å². The highest BCUT2D eigenvalue weighted by atomic mass is 32.2. The smallest absolute Gasteiger partial charge is 0.255 e. The molecule has 0 aromatic heterocycles. The van der Waals surface area contributed by atoms with E-state index < -0.39 is 0 Å². The van der Waals surface area contributed by atoms with Crippen LogP contribution < -0.4 is 11.1 Å². The topological polar surface area (TPSA) is 55.1 Å². The van der Waals surface area contributed by atoms with Gasteiger partial charge in [0.15, 0.2) is 0 Å². The molecule has 0 radical (unpaired) electrons. The van der Waals surface area contributed by atoms with Crippen molar-refractivity contribution in [3.8, 4) is 11.8 Å². The third-order valence-corrected chi connectivity index (χ3v) is 3.57. The van der Waals surface area contributed by atoms with Gasteiger partial charge in [-0.15, -0.1) is 11.8 Å². The molecule has 106 valence electrons. The number of nitrogens with one attached hydrogen (secondary N) is 1. The van der Waals surface area contributed by atoms with Crippen LogP contribution in [0.4, 0.5) is 5.69 Å². The van der Waals surface area contributed by atoms with E-state index in [0.29, 0.717) is 12.1 Å². The van der Waals surface area contributed by atoms with Crippen LogP contribution in [0, 0.1) is 11.8 Å². The SMILES string of the molecule is CSc1ccc(NC(=O)c2ccc(C#CCN)cc2)cc1. The highest BCUT2D eigenvalue weighted by Gasteiger charge is 2.05. The maximum atomic E-state index is 12.1. The van der Waals surface area contributed by atoms with Gasteiger partial charge in [-0.3, -0.25) is 4.79 Å². The van der Waals surface area contributed by atoms with Gasteiger partial charge in [0.25, 0.3) is 5.91 Å². The lowest BCUT2D eigenvalue weighted by Gasteiger charge is -2.06. The maximum Gasteiger partial charge on any atom is 0.255 e. The molecule has 0 unspecified atom stereocenters. The van der Waals surface area contributed by atoms with Crippen molar-refractivity contribution in [3.05, 3.63) is 59.7 Å². The van der Waals surface area contributed by atoms with Gasteiger partial charge in [0.05, 0.1) is 6.54 Å². The van der Waals surface area contributed by atoms with Crippen LogP contribution in [0.2, 0.25) is 0 Å². The highest BCUT2D eigenvalue weighted by molar-refractivity contribution is 7.98. The molecular formula is C17H16N2OS. The minimum Gasteiger partial charge on any atom is -0.322 e. The third-order valence-electron chi connectivity index (χ3n) is 2.83. The van der Waals surface area contributed by atoms with Crippen molar-refractivity contribution in [1.82, 2.24) is 0 Å². The number of thioether (sulfide) groups is 1. The average molecular weight is 296 g/mol. The van der Waals surface area contributed by atoms with E-state index in [0.717, 1.165) is 16.1 Å². The normalized spacial score (nSPS) is 9.62. The lowest BCUT2D eigenvalue weighted by molar-refractivity contribution is 0.102. The van der Waals surface area contributed by atoms with Crippen LogP contribution in [-0.2, 0) is 0 Å². The predicted octanol–water partition coefficient (Wildman–Crippen LogP) is 2.97. The van der Waals surface area contributed by atoms with E-state index in [2.05, 4.69) is 17.2 Å². The highest BCUT2D eigenvalue weighted by Crippen LogP contribution is 2.18. The molecule has 3 N–H and O–H groups in total. The Kier molecular flexibility index (Phi) is 5.44. The zero-order valence-electron chi connectivity index (χ0n) is 11.7. The van der Waals surface area contributed by atoms with Gasteiger partial charge in [-0.2, -0.15) is 0 Å². The maximum absolute atomic E-state index is 12.1. The number of benzene rings is 2. The minimum absolute atomic E-state index is 0.134. The Balaban J connectivity index is 2.05. The third kappa shape index (κ3) is 4.38. The summed E-state index contributed by atoms with van der Waals surface area (Å²) in [4.78, 5) is 13.3. The molecule has 3 nitrogen and oxygen atoms in total. The Morgan fingerprint density at radius 2 is 1.81 bits per heavy atom. The largest absolute Gasteiger partial charge is 0.322 e. The Morgan fingerprint density at radius 1 is 1.14 bits per heavy atom. The first-order valence-electron chi connectivity index (χ1n) is 6.47. The summed E-state index contributed by atoms with van der Waals surface area (Å²) in [6, 6.07) is 14.9. The molecule has 0 atom stereocenters. The minimum atomic E-state index is -0.134. The molecule has 21 heavy (non-hydrogen) atoms. The zero-order valence-corrected chi connectivity index (χ0v) is 12.5. The summed E-state index contributed by atoms with van der Waals surface area (Å²) in [5.41, 5.74) is 7.55. The van der Waals surface area contributed by atoms with Gasteiger partial charge in [0, 0.05) is 21.7 Å². The number of amides is 1. The van der Waals surface area contributed by atoms with Gasteiger partial charge in [0.1, 0.15) is 0 Å². The summed E-state index contributed by atoms with van der Waals surface area (Å²) >= 11 is 1.67. The second kappa shape index (κ2) is 7.53. The van der Waals surface area contributed by atoms with Gasteiger partial charge >= 0.3 is 0 Å². The Labute approximate surface area is 128 Å². The molecule has 0 spiro atoms. The van der Waals surface area contributed by atoms with E-state index in [-0.39, 0.29) is 5.91 Å². The first kappa shape index (κ1) is 15.2. The number of rotatable bonds is 3. The molecule has 0 saturated heterocycles. The van der Waals surface area contributed by atoms with E-state index >= 15 is 0 Å². The van der Waals surface area contributed by atoms with E-state index in [1.807, 2.05) is 42.7 Å². The molecule has 1 amide bonds. The fourth-order valence-corrected chi connectivity index (χ4v) is 2.14. The number of carbonyl (C=O) groups is 1. The molecule has 2 aromatic carbocycles. The number of anilines is 1. The van der Waals surface area contributed by atoms with E-state index in [9.17, 15) is 4.79 Å². The molecule has 0 heterocycles. The van der Waals surface area contributed by atoms with Crippen LogP contribution in [0.15, 0.2) is 53.4 Å². The van der Waals surface area contributed by atoms with Gasteiger partial charge in [-0.1, -0.05) is 11.8 Å². The van der Waals surface area contributed by atoms with E-state index in [1.165, 1.54) is 0 Å². The number of hydrogen-bond acceptors (Lipinski definition) is 3. The number of nitrogens with two attached hydrogens (primary N) is 1. The first-order valence-corrected chi connectivity index (χ1v) is 7.70. The molecule has 0 bridgehead atoms. The Bertz CT molecular complexity index is 667. The van der Waals surface area contributed by atoms with Crippen molar-refractivity contribution in [3.63, 3.8) is 0 Å². The van der Waals surface area contributed by atoms with Crippen LogP contribution in [0.1, 0.15) is 15.9 Å². The van der Waals surface area contributed by atoms with Crippen molar-refractivity contribution < 1.29 is 4.79 Å². The molecular weight excluding hydrogens is 280 g/mol. The van der Waals surface area contributed by atoms with Crippen molar-refractivity contribution in [2.24, 2.45) is 5.73 Å². The monoisotopic (exact) mass is 296 g/mol. The summed E-state index contributed by atoms with van der Waals surface area (Å²) in [6.07, 6.45) is 2.02. The molecule has 4 heteroatoms. The summed E-state index contributed by atoms with van der Waals surface area (Å²) in [7, 11) is 0. The summed E-state index contributed by atoms with van der Waals surface area (Å²) in [6.45, 7) is 0.328. The predicted molar refractivity (Wildman–Crippen MR) is 88.6 cm³/mol. The molecule has 0 aliphatic rings. The molecule has 0 fully saturated rings. The Morgan fingerprint density at radius 3 is 2.38 bits per heavy atom. The van der Waals surface area contributed by atoms with E-state index in [1.54, 1.807) is 23.9 Å². The second-order valence-electron chi connectivity index (χ2n) is 4.27. The molecule has 0 saturated carbocycles. The molecule has 2 rings (SSSR count). The van der Waals surface area contributed by atoms with Crippen LogP contribution in [0.25, 0.3) is 0 Å². The first-order chi connectivity index (χ1) is 10.2. The van der Waals surface area contributed by atoms with Crippen molar-refractivity contribution in [1.29, 1.82) is 0 Å². The Hall–Kier alpha value is -2.22. The average Bonchev–Trinajstić information content (AvgIpc) is 2.54. The fraction of sp³-hybridized carbons (Fsp3) is 0.118. The van der Waals surface area contributed by atoms with Crippen molar-refractivity contribution in [2.75, 3.05) is 18.1 Å². The molecule has 0 aliphatic carbocycles. The van der Waals surface area contributed by atoms with Crippen molar-refractivity contribution >= 4 is 23.4 Å². The fourth-order valence-electron chi connectivity index (χ4n) is 1.74. The van der Waals surface area contributed by atoms with Gasteiger partial charge < -0.3 is 11.1 Å². The lowest BCUT2D eigenvalue weighted by Crippen LogP contribution is -2.11. The second-order valence-corrected chi connectivity index (χ2v) is 5.15. The summed E-state index contributed by atoms with van der Waals surface area (Å²) in [5, 5.41) is 2.87. The van der Waals surface area contributed by atoms with Crippen LogP contribution >= 0.6 is 11.8 Å². The summed E-state index contributed by atoms with van der Waals surface area (Å²) < 4.78 is 0. The summed E-state index contributed by atoms with van der Waals surface area (Å²) in [5.74, 6) is 5.57. The van der Waals surface area contributed by atoms with Crippen molar-refractivity contribution in [2.45, 2.75) is 4.90 Å². The zero-order chi connectivity index (χ0) is 15.1. The van der Waals surface area contributed by atoms with Crippen LogP contribution in [-0.4, -0.2) is 18.7 Å². The number of carbonyl (C=O) groups excluding carboxylic acids is 1. The van der Waals surface area contributed by atoms with Crippen LogP contribution in [0.3, 0.4) is 0 Å². The number of hydrogen-bond donors (Lipinski definition) is 2. The molecule has 0 aliphatic heterocycles. The van der Waals surface area contributed by atoms with Gasteiger partial charge in [-0.25, -0.2) is 0 Å². The van der Waals surface area contributed by atoms with E-state index in [4.69, 9.17) is 5.73 Å². The van der Waals surface area contributed by atoms with Gasteiger partial charge in [0.2, 0.25) is 0 Å². The lowest BCUT2D eigenvalue weighted by atomic mass is 10.1. The standard InChI is InChI=1S/C17H16N2OS/c1-21-16-10-8-15(9-11-16)19-17(20)14-6-4-13(5-7-14)3-2-12-18/h4-11H,12,18H2,1H3,(H,19,20). The van der Waals surface area contributed by atoms with Gasteiger partial charge in [-0.05, 0) is 54.8 Å². The molecule has 2 aromatic rings.